The van der Waals surface area contributed by atoms with E-state index in [4.69, 9.17) is 9.84 Å². The van der Waals surface area contributed by atoms with Gasteiger partial charge in [-0.05, 0) is 42.5 Å². The summed E-state index contributed by atoms with van der Waals surface area (Å²) in [5, 5.41) is 12.0. The van der Waals surface area contributed by atoms with Crippen molar-refractivity contribution in [2.24, 2.45) is 5.92 Å². The maximum absolute atomic E-state index is 11.6. The molecular formula is C15H19NO3. The van der Waals surface area contributed by atoms with Crippen molar-refractivity contribution in [1.29, 1.82) is 0 Å². The van der Waals surface area contributed by atoms with Crippen LogP contribution in [0.4, 0.5) is 0 Å². The van der Waals surface area contributed by atoms with Gasteiger partial charge in [0, 0.05) is 12.6 Å². The fourth-order valence-electron chi connectivity index (χ4n) is 2.09. The second kappa shape index (κ2) is 6.38. The van der Waals surface area contributed by atoms with Crippen LogP contribution < -0.4 is 10.1 Å². The van der Waals surface area contributed by atoms with Gasteiger partial charge in [0.25, 0.3) is 0 Å². The number of rotatable bonds is 5. The van der Waals surface area contributed by atoms with Crippen LogP contribution in [0.2, 0.25) is 0 Å². The molecule has 1 fully saturated rings. The molecule has 0 radical (unpaired) electrons. The van der Waals surface area contributed by atoms with Crippen molar-refractivity contribution < 1.29 is 14.6 Å². The molecule has 2 N–H and O–H groups in total. The van der Waals surface area contributed by atoms with Crippen molar-refractivity contribution in [1.82, 2.24) is 5.32 Å². The van der Waals surface area contributed by atoms with E-state index in [0.29, 0.717) is 12.5 Å². The topological polar surface area (TPSA) is 58.6 Å². The van der Waals surface area contributed by atoms with Gasteiger partial charge in [-0.1, -0.05) is 12.1 Å². The molecule has 2 rings (SSSR count). The summed E-state index contributed by atoms with van der Waals surface area (Å²) in [6.45, 7) is 0.637. The number of aliphatic hydroxyl groups excluding tert-OH is 1. The van der Waals surface area contributed by atoms with Crippen LogP contribution in [0.3, 0.4) is 0 Å². The molecule has 102 valence electrons. The third-order valence-corrected chi connectivity index (χ3v) is 3.30. The summed E-state index contributed by atoms with van der Waals surface area (Å²) in [5.74, 6) is 1.08. The number of carbonyl (C=O) groups is 1. The van der Waals surface area contributed by atoms with Gasteiger partial charge in [0.1, 0.15) is 5.75 Å². The van der Waals surface area contributed by atoms with Crippen molar-refractivity contribution >= 4 is 12.0 Å². The number of carbonyl (C=O) groups excluding carboxylic acids is 1. The minimum atomic E-state index is -0.172. The van der Waals surface area contributed by atoms with Gasteiger partial charge in [0.2, 0.25) is 5.91 Å². The minimum absolute atomic E-state index is 0.107. The summed E-state index contributed by atoms with van der Waals surface area (Å²) in [6, 6.07) is 7.52. The van der Waals surface area contributed by atoms with Crippen molar-refractivity contribution in [3.05, 3.63) is 35.9 Å². The largest absolute Gasteiger partial charge is 0.497 e. The molecule has 0 aromatic heterocycles. The van der Waals surface area contributed by atoms with Crippen molar-refractivity contribution in [2.75, 3.05) is 13.7 Å². The second-order valence-electron chi connectivity index (χ2n) is 4.85. The number of methoxy groups -OCH3 is 1. The normalized spacial score (nSPS) is 22.0. The van der Waals surface area contributed by atoms with Crippen LogP contribution in [0.25, 0.3) is 6.08 Å². The number of nitrogens with one attached hydrogen (secondary N) is 1. The van der Waals surface area contributed by atoms with Gasteiger partial charge >= 0.3 is 0 Å². The molecule has 1 saturated carbocycles. The predicted octanol–water partition coefficient (Wildman–Crippen LogP) is 1.60. The lowest BCUT2D eigenvalue weighted by molar-refractivity contribution is -0.117. The number of hydrogen-bond donors (Lipinski definition) is 2. The van der Waals surface area contributed by atoms with Crippen LogP contribution in [0.15, 0.2) is 30.3 Å². The Kier molecular flexibility index (Phi) is 4.58. The van der Waals surface area contributed by atoms with Gasteiger partial charge in [-0.3, -0.25) is 4.79 Å². The molecule has 0 atom stereocenters. The lowest BCUT2D eigenvalue weighted by Gasteiger charge is -2.31. The number of hydrogen-bond acceptors (Lipinski definition) is 3. The van der Waals surface area contributed by atoms with E-state index in [1.54, 1.807) is 13.2 Å². The molecule has 0 spiro atoms. The average molecular weight is 261 g/mol. The van der Waals surface area contributed by atoms with Gasteiger partial charge in [-0.2, -0.15) is 0 Å². The summed E-state index contributed by atoms with van der Waals surface area (Å²) in [7, 11) is 1.61. The summed E-state index contributed by atoms with van der Waals surface area (Å²) in [6.07, 6.45) is 4.69. The van der Waals surface area contributed by atoms with Crippen LogP contribution in [-0.4, -0.2) is 30.8 Å². The van der Waals surface area contributed by atoms with E-state index < -0.39 is 0 Å². The van der Waals surface area contributed by atoms with Crippen molar-refractivity contribution in [3.63, 3.8) is 0 Å². The van der Waals surface area contributed by atoms with E-state index in [9.17, 15) is 4.79 Å². The van der Waals surface area contributed by atoms with Gasteiger partial charge in [0.15, 0.2) is 0 Å². The maximum Gasteiger partial charge on any atom is 0.244 e. The summed E-state index contributed by atoms with van der Waals surface area (Å²) >= 11 is 0. The first kappa shape index (κ1) is 13.6. The third-order valence-electron chi connectivity index (χ3n) is 3.30. The van der Waals surface area contributed by atoms with Crippen molar-refractivity contribution in [3.8, 4) is 5.75 Å². The Balaban J connectivity index is 1.78. The molecule has 0 heterocycles. The number of aliphatic hydroxyl groups is 1. The highest BCUT2D eigenvalue weighted by Gasteiger charge is 2.26. The van der Waals surface area contributed by atoms with Gasteiger partial charge in [-0.15, -0.1) is 0 Å². The highest BCUT2D eigenvalue weighted by molar-refractivity contribution is 5.91. The second-order valence-corrected chi connectivity index (χ2v) is 4.85. The zero-order valence-corrected chi connectivity index (χ0v) is 11.0. The zero-order chi connectivity index (χ0) is 13.7. The molecule has 19 heavy (non-hydrogen) atoms. The molecule has 4 nitrogen and oxygen atoms in total. The maximum atomic E-state index is 11.6. The molecule has 4 heteroatoms. The Morgan fingerprint density at radius 1 is 1.53 bits per heavy atom. The lowest BCUT2D eigenvalue weighted by atomic mass is 9.82. The summed E-state index contributed by atoms with van der Waals surface area (Å²) < 4.78 is 5.11. The van der Waals surface area contributed by atoms with Gasteiger partial charge in [-0.25, -0.2) is 0 Å². The highest BCUT2D eigenvalue weighted by atomic mass is 16.5. The first-order valence-electron chi connectivity index (χ1n) is 6.45. The van der Waals surface area contributed by atoms with Crippen LogP contribution in [0, 0.1) is 5.92 Å². The van der Waals surface area contributed by atoms with Gasteiger partial charge in [0.05, 0.1) is 13.2 Å². The van der Waals surface area contributed by atoms with Crippen LogP contribution >= 0.6 is 0 Å². The Morgan fingerprint density at radius 3 is 3.00 bits per heavy atom. The number of amides is 1. The SMILES string of the molecule is COc1cccc(C=CC(=O)NCC2CC(O)C2)c1. The van der Waals surface area contributed by atoms with Gasteiger partial charge < -0.3 is 15.2 Å². The Bertz CT molecular complexity index is 464. The molecule has 1 amide bonds. The monoisotopic (exact) mass is 261 g/mol. The molecular weight excluding hydrogens is 242 g/mol. The molecule has 0 unspecified atom stereocenters. The Morgan fingerprint density at radius 2 is 2.32 bits per heavy atom. The highest BCUT2D eigenvalue weighted by Crippen LogP contribution is 2.26. The predicted molar refractivity (Wildman–Crippen MR) is 73.8 cm³/mol. The molecule has 1 aromatic rings. The smallest absolute Gasteiger partial charge is 0.244 e. The van der Waals surface area contributed by atoms with E-state index in [-0.39, 0.29) is 12.0 Å². The van der Waals surface area contributed by atoms with Crippen LogP contribution in [-0.2, 0) is 4.79 Å². The standard InChI is InChI=1S/C15H19NO3/c1-19-14-4-2-3-11(9-14)5-6-15(18)16-10-12-7-13(17)8-12/h2-6,9,12-13,17H,7-8,10H2,1H3,(H,16,18). The molecule has 1 aliphatic carbocycles. The van der Waals surface area contributed by atoms with Crippen molar-refractivity contribution in [2.45, 2.75) is 18.9 Å². The van der Waals surface area contributed by atoms with E-state index in [1.165, 1.54) is 6.08 Å². The molecule has 1 aromatic carbocycles. The lowest BCUT2D eigenvalue weighted by Crippen LogP contribution is -2.37. The van der Waals surface area contributed by atoms with E-state index >= 15 is 0 Å². The van der Waals surface area contributed by atoms with Crippen LogP contribution in [0.1, 0.15) is 18.4 Å². The minimum Gasteiger partial charge on any atom is -0.497 e. The Labute approximate surface area is 113 Å². The summed E-state index contributed by atoms with van der Waals surface area (Å²) in [4.78, 5) is 11.6. The third kappa shape index (κ3) is 4.10. The molecule has 0 saturated heterocycles. The fraction of sp³-hybridized carbons (Fsp3) is 0.400. The zero-order valence-electron chi connectivity index (χ0n) is 11.0. The van der Waals surface area contributed by atoms with E-state index in [0.717, 1.165) is 24.2 Å². The Hall–Kier alpha value is -1.81. The molecule has 0 aliphatic heterocycles. The molecule has 1 aliphatic rings. The average Bonchev–Trinajstić information content (AvgIpc) is 2.40. The first-order chi connectivity index (χ1) is 9.17. The van der Waals surface area contributed by atoms with Crippen LogP contribution in [0.5, 0.6) is 5.75 Å². The molecule has 0 bridgehead atoms. The van der Waals surface area contributed by atoms with E-state index in [1.807, 2.05) is 24.3 Å². The first-order valence-corrected chi connectivity index (χ1v) is 6.45. The number of benzene rings is 1. The summed E-state index contributed by atoms with van der Waals surface area (Å²) in [5.41, 5.74) is 0.925. The quantitative estimate of drug-likeness (QED) is 0.791. The van der Waals surface area contributed by atoms with E-state index in [2.05, 4.69) is 5.32 Å². The number of ether oxygens (including phenoxy) is 1. The fourth-order valence-corrected chi connectivity index (χ4v) is 2.09.